The molecule has 0 atom stereocenters. The maximum absolute atomic E-state index is 13.5. The second kappa shape index (κ2) is 6.79. The first kappa shape index (κ1) is 15.5. The minimum Gasteiger partial charge on any atom is -0.320 e. The van der Waals surface area contributed by atoms with E-state index in [1.807, 2.05) is 42.5 Å². The topological polar surface area (TPSA) is 29.1 Å². The normalized spacial score (nSPS) is 10.7. The number of amides is 1. The summed E-state index contributed by atoms with van der Waals surface area (Å²) in [7, 11) is 0. The zero-order valence-corrected chi connectivity index (χ0v) is 12.9. The molecule has 0 heterocycles. The Morgan fingerprint density at radius 1 is 0.913 bits per heavy atom. The average Bonchev–Trinajstić information content (AvgIpc) is 2.56. The molecule has 2 nitrogen and oxygen atoms in total. The lowest BCUT2D eigenvalue weighted by Crippen LogP contribution is -2.16. The van der Waals surface area contributed by atoms with Crippen molar-refractivity contribution in [3.05, 3.63) is 72.3 Å². The number of nitrogens with one attached hydrogen (secondary N) is 1. The standard InChI is InChI=1S/C18H13F2NOS/c19-15-6-3-7-16(20)18(15)21-17(22)11-23-14-9-8-12-4-1-2-5-13(12)10-14/h1-10H,11H2,(H,21,22). The molecule has 0 spiro atoms. The van der Waals surface area contributed by atoms with E-state index in [9.17, 15) is 13.6 Å². The number of carbonyl (C=O) groups excluding carboxylic acids is 1. The second-order valence-corrected chi connectivity index (χ2v) is 5.99. The minimum atomic E-state index is -0.783. The van der Waals surface area contributed by atoms with Gasteiger partial charge in [-0.3, -0.25) is 4.79 Å². The van der Waals surface area contributed by atoms with Crippen molar-refractivity contribution in [2.45, 2.75) is 4.90 Å². The summed E-state index contributed by atoms with van der Waals surface area (Å²) in [6.07, 6.45) is 0. The van der Waals surface area contributed by atoms with Crippen molar-refractivity contribution in [3.63, 3.8) is 0 Å². The Hall–Kier alpha value is -2.40. The van der Waals surface area contributed by atoms with Crippen LogP contribution >= 0.6 is 11.8 Å². The number of para-hydroxylation sites is 1. The van der Waals surface area contributed by atoms with Crippen molar-refractivity contribution < 1.29 is 13.6 Å². The third kappa shape index (κ3) is 3.68. The molecule has 3 rings (SSSR count). The Bertz CT molecular complexity index is 846. The van der Waals surface area contributed by atoms with Gasteiger partial charge in [-0.05, 0) is 35.0 Å². The predicted molar refractivity (Wildman–Crippen MR) is 89.7 cm³/mol. The molecule has 0 fully saturated rings. The summed E-state index contributed by atoms with van der Waals surface area (Å²) in [6.45, 7) is 0. The van der Waals surface area contributed by atoms with Gasteiger partial charge < -0.3 is 5.32 Å². The summed E-state index contributed by atoms with van der Waals surface area (Å²) < 4.78 is 27.0. The molecule has 0 unspecified atom stereocenters. The molecule has 23 heavy (non-hydrogen) atoms. The molecular formula is C18H13F2NOS. The molecule has 3 aromatic carbocycles. The van der Waals surface area contributed by atoms with Crippen LogP contribution in [0.3, 0.4) is 0 Å². The van der Waals surface area contributed by atoms with Gasteiger partial charge in [0.2, 0.25) is 5.91 Å². The van der Waals surface area contributed by atoms with Crippen molar-refractivity contribution in [3.8, 4) is 0 Å². The SMILES string of the molecule is O=C(CSc1ccc2ccccc2c1)Nc1c(F)cccc1F. The maximum atomic E-state index is 13.5. The molecule has 3 aromatic rings. The number of rotatable bonds is 4. The van der Waals surface area contributed by atoms with E-state index in [0.717, 1.165) is 27.8 Å². The minimum absolute atomic E-state index is 0.0755. The fraction of sp³-hybridized carbons (Fsp3) is 0.0556. The number of hydrogen-bond donors (Lipinski definition) is 1. The van der Waals surface area contributed by atoms with Gasteiger partial charge in [0.05, 0.1) is 5.75 Å². The Labute approximate surface area is 136 Å². The monoisotopic (exact) mass is 329 g/mol. The summed E-state index contributed by atoms with van der Waals surface area (Å²) in [5.41, 5.74) is -0.406. The average molecular weight is 329 g/mol. The smallest absolute Gasteiger partial charge is 0.234 e. The molecule has 0 saturated heterocycles. The molecule has 0 radical (unpaired) electrons. The van der Waals surface area contributed by atoms with Crippen LogP contribution in [0.2, 0.25) is 0 Å². The van der Waals surface area contributed by atoms with Gasteiger partial charge in [0, 0.05) is 4.90 Å². The van der Waals surface area contributed by atoms with Crippen molar-refractivity contribution in [1.29, 1.82) is 0 Å². The van der Waals surface area contributed by atoms with Crippen LogP contribution in [0.4, 0.5) is 14.5 Å². The van der Waals surface area contributed by atoms with E-state index < -0.39 is 23.2 Å². The van der Waals surface area contributed by atoms with E-state index in [0.29, 0.717) is 0 Å². The van der Waals surface area contributed by atoms with Crippen LogP contribution in [-0.4, -0.2) is 11.7 Å². The van der Waals surface area contributed by atoms with Crippen LogP contribution in [0.1, 0.15) is 0 Å². The van der Waals surface area contributed by atoms with Gasteiger partial charge in [0.1, 0.15) is 17.3 Å². The highest BCUT2D eigenvalue weighted by Gasteiger charge is 2.12. The summed E-state index contributed by atoms with van der Waals surface area (Å²) in [6, 6.07) is 17.3. The molecule has 5 heteroatoms. The number of thioether (sulfide) groups is 1. The molecule has 1 N–H and O–H groups in total. The summed E-state index contributed by atoms with van der Waals surface area (Å²) >= 11 is 1.32. The zero-order valence-electron chi connectivity index (χ0n) is 12.1. The molecule has 0 saturated carbocycles. The number of carbonyl (C=O) groups is 1. The molecule has 0 bridgehead atoms. The number of fused-ring (bicyclic) bond motifs is 1. The molecular weight excluding hydrogens is 316 g/mol. The Balaban J connectivity index is 1.66. The van der Waals surface area contributed by atoms with Gasteiger partial charge in [-0.25, -0.2) is 8.78 Å². The van der Waals surface area contributed by atoms with Crippen molar-refractivity contribution in [2.24, 2.45) is 0 Å². The van der Waals surface area contributed by atoms with E-state index >= 15 is 0 Å². The molecule has 1 amide bonds. The van der Waals surface area contributed by atoms with Crippen LogP contribution in [-0.2, 0) is 4.79 Å². The summed E-state index contributed by atoms with van der Waals surface area (Å²) in [4.78, 5) is 12.8. The molecule has 0 aliphatic carbocycles. The predicted octanol–water partition coefficient (Wildman–Crippen LogP) is 4.85. The maximum Gasteiger partial charge on any atom is 0.234 e. The van der Waals surface area contributed by atoms with Gasteiger partial charge >= 0.3 is 0 Å². The van der Waals surface area contributed by atoms with E-state index in [4.69, 9.17) is 0 Å². The Kier molecular flexibility index (Phi) is 4.57. The lowest BCUT2D eigenvalue weighted by Gasteiger charge is -2.08. The highest BCUT2D eigenvalue weighted by molar-refractivity contribution is 8.00. The molecule has 116 valence electrons. The van der Waals surface area contributed by atoms with Crippen LogP contribution < -0.4 is 5.32 Å². The van der Waals surface area contributed by atoms with Gasteiger partial charge in [-0.1, -0.05) is 36.4 Å². The molecule has 0 aliphatic rings. The zero-order chi connectivity index (χ0) is 16.2. The van der Waals surface area contributed by atoms with Gasteiger partial charge in [0.25, 0.3) is 0 Å². The quantitative estimate of drug-likeness (QED) is 0.693. The van der Waals surface area contributed by atoms with Crippen LogP contribution in [0, 0.1) is 11.6 Å². The van der Waals surface area contributed by atoms with Gasteiger partial charge in [-0.2, -0.15) is 0 Å². The summed E-state index contributed by atoms with van der Waals surface area (Å²) in [5, 5.41) is 4.48. The van der Waals surface area contributed by atoms with Crippen LogP contribution in [0.5, 0.6) is 0 Å². The lowest BCUT2D eigenvalue weighted by molar-refractivity contribution is -0.113. The number of benzene rings is 3. The first-order valence-corrected chi connectivity index (χ1v) is 7.97. The first-order chi connectivity index (χ1) is 11.1. The third-order valence-electron chi connectivity index (χ3n) is 3.32. The van der Waals surface area contributed by atoms with Gasteiger partial charge in [-0.15, -0.1) is 11.8 Å². The highest BCUT2D eigenvalue weighted by atomic mass is 32.2. The fourth-order valence-corrected chi connectivity index (χ4v) is 2.94. The number of halogens is 2. The number of hydrogen-bond acceptors (Lipinski definition) is 2. The van der Waals surface area contributed by atoms with E-state index in [1.54, 1.807) is 0 Å². The van der Waals surface area contributed by atoms with E-state index in [2.05, 4.69) is 5.32 Å². The molecule has 0 aromatic heterocycles. The van der Waals surface area contributed by atoms with Crippen molar-refractivity contribution >= 4 is 34.1 Å². The lowest BCUT2D eigenvalue weighted by atomic mass is 10.1. The second-order valence-electron chi connectivity index (χ2n) is 4.94. The molecule has 0 aliphatic heterocycles. The fourth-order valence-electron chi connectivity index (χ4n) is 2.20. The van der Waals surface area contributed by atoms with Crippen molar-refractivity contribution in [1.82, 2.24) is 0 Å². The van der Waals surface area contributed by atoms with E-state index in [1.165, 1.54) is 17.8 Å². The number of anilines is 1. The summed E-state index contributed by atoms with van der Waals surface area (Å²) in [5.74, 6) is -1.94. The highest BCUT2D eigenvalue weighted by Crippen LogP contribution is 2.24. The van der Waals surface area contributed by atoms with Crippen LogP contribution in [0.15, 0.2) is 65.6 Å². The van der Waals surface area contributed by atoms with Crippen molar-refractivity contribution in [2.75, 3.05) is 11.1 Å². The van der Waals surface area contributed by atoms with E-state index in [-0.39, 0.29) is 5.75 Å². The van der Waals surface area contributed by atoms with Gasteiger partial charge in [0.15, 0.2) is 0 Å². The Morgan fingerprint density at radius 3 is 2.35 bits per heavy atom. The third-order valence-corrected chi connectivity index (χ3v) is 4.31. The largest absolute Gasteiger partial charge is 0.320 e. The van der Waals surface area contributed by atoms with Crippen LogP contribution in [0.25, 0.3) is 10.8 Å². The Morgan fingerprint density at radius 2 is 1.61 bits per heavy atom. The first-order valence-electron chi connectivity index (χ1n) is 6.99.